The van der Waals surface area contributed by atoms with Crippen LogP contribution in [0.15, 0.2) is 54.6 Å². The molecule has 35 heavy (non-hydrogen) atoms. The number of rotatable bonds is 7. The van der Waals surface area contributed by atoms with Crippen LogP contribution in [0.5, 0.6) is 28.7 Å². The second-order valence-corrected chi connectivity index (χ2v) is 8.96. The summed E-state index contributed by atoms with van der Waals surface area (Å²) in [5.74, 6) is 0.122. The molecule has 0 aromatic heterocycles. The Hall–Kier alpha value is -3.87. The molecule has 3 atom stereocenters. The zero-order valence-corrected chi connectivity index (χ0v) is 19.9. The fraction of sp³-hybridized carbons (Fsp3) is 0.321. The van der Waals surface area contributed by atoms with Crippen molar-refractivity contribution in [3.05, 3.63) is 76.9 Å². The Morgan fingerprint density at radius 1 is 1.00 bits per heavy atom. The number of ether oxygens (including phenoxy) is 4. The van der Waals surface area contributed by atoms with Gasteiger partial charge in [0.1, 0.15) is 22.7 Å². The van der Waals surface area contributed by atoms with Crippen molar-refractivity contribution in [2.75, 3.05) is 20.5 Å². The van der Waals surface area contributed by atoms with Crippen molar-refractivity contribution in [3.63, 3.8) is 0 Å². The van der Waals surface area contributed by atoms with E-state index in [1.807, 2.05) is 32.0 Å². The molecular formula is C28H28O7. The SMILES string of the molecule is CCCOc1ccc2c(c1)[C@@H](c1ccc(OC)cc1O)[C@@](C(=O)O)(c1ccc3c(c1)OCO3)[C@H]2C. The number of methoxy groups -OCH3 is 1. The number of phenols is 1. The van der Waals surface area contributed by atoms with E-state index in [1.54, 1.807) is 30.3 Å². The van der Waals surface area contributed by atoms with Gasteiger partial charge in [-0.2, -0.15) is 0 Å². The zero-order valence-electron chi connectivity index (χ0n) is 19.9. The number of phenolic OH excluding ortho intramolecular Hbond substituents is 1. The Labute approximate surface area is 203 Å². The van der Waals surface area contributed by atoms with Gasteiger partial charge in [-0.1, -0.05) is 32.0 Å². The molecule has 5 rings (SSSR count). The molecule has 0 saturated heterocycles. The van der Waals surface area contributed by atoms with Gasteiger partial charge in [-0.05, 0) is 53.4 Å². The van der Waals surface area contributed by atoms with E-state index in [4.69, 9.17) is 18.9 Å². The van der Waals surface area contributed by atoms with E-state index in [0.717, 1.165) is 17.5 Å². The van der Waals surface area contributed by atoms with Crippen LogP contribution in [0.4, 0.5) is 0 Å². The van der Waals surface area contributed by atoms with E-state index in [2.05, 4.69) is 0 Å². The van der Waals surface area contributed by atoms with Crippen molar-refractivity contribution in [2.45, 2.75) is 37.5 Å². The summed E-state index contributed by atoms with van der Waals surface area (Å²) in [4.78, 5) is 13.4. The molecule has 2 N–H and O–H groups in total. The maximum absolute atomic E-state index is 13.4. The van der Waals surface area contributed by atoms with Crippen molar-refractivity contribution >= 4 is 5.97 Å². The highest BCUT2D eigenvalue weighted by Gasteiger charge is 2.59. The predicted octanol–water partition coefficient (Wildman–Crippen LogP) is 5.19. The maximum Gasteiger partial charge on any atom is 0.315 e. The fourth-order valence-electron chi connectivity index (χ4n) is 5.56. The standard InChI is InChI=1S/C28H28O7/c1-4-11-33-19-7-8-20-16(2)28(27(30)31,17-5-10-24-25(12-17)35-15-34-24)26(22(20)13-19)21-9-6-18(32-3)14-23(21)29/h5-10,12-14,16,26,29H,4,11,15H2,1-3H3,(H,30,31)/t16-,26+,28-/m0/s1. The lowest BCUT2D eigenvalue weighted by Crippen LogP contribution is -2.42. The summed E-state index contributed by atoms with van der Waals surface area (Å²) >= 11 is 0. The molecule has 1 heterocycles. The molecule has 0 bridgehead atoms. The summed E-state index contributed by atoms with van der Waals surface area (Å²) < 4.78 is 22.2. The van der Waals surface area contributed by atoms with Gasteiger partial charge in [-0.15, -0.1) is 0 Å². The first-order valence-electron chi connectivity index (χ1n) is 11.7. The molecule has 0 saturated carbocycles. The number of benzene rings is 3. The predicted molar refractivity (Wildman–Crippen MR) is 129 cm³/mol. The van der Waals surface area contributed by atoms with Gasteiger partial charge in [0.15, 0.2) is 11.5 Å². The first-order valence-corrected chi connectivity index (χ1v) is 11.7. The molecule has 0 radical (unpaired) electrons. The molecule has 0 unspecified atom stereocenters. The summed E-state index contributed by atoms with van der Waals surface area (Å²) in [5, 5.41) is 22.0. The minimum Gasteiger partial charge on any atom is -0.508 e. The minimum absolute atomic E-state index is 0.0272. The number of fused-ring (bicyclic) bond motifs is 2. The van der Waals surface area contributed by atoms with Crippen LogP contribution < -0.4 is 18.9 Å². The molecule has 1 aliphatic heterocycles. The van der Waals surface area contributed by atoms with Crippen LogP contribution in [-0.2, 0) is 10.2 Å². The van der Waals surface area contributed by atoms with Gasteiger partial charge in [-0.3, -0.25) is 4.79 Å². The number of carbonyl (C=O) groups is 1. The molecule has 1 aliphatic carbocycles. The van der Waals surface area contributed by atoms with Crippen LogP contribution in [0.3, 0.4) is 0 Å². The Bertz CT molecular complexity index is 1280. The summed E-state index contributed by atoms with van der Waals surface area (Å²) in [6, 6.07) is 16.0. The van der Waals surface area contributed by atoms with Crippen LogP contribution in [-0.4, -0.2) is 36.7 Å². The van der Waals surface area contributed by atoms with E-state index in [0.29, 0.717) is 40.7 Å². The highest BCUT2D eigenvalue weighted by atomic mass is 16.7. The van der Waals surface area contributed by atoms with Crippen LogP contribution in [0.1, 0.15) is 54.4 Å². The monoisotopic (exact) mass is 476 g/mol. The minimum atomic E-state index is -1.42. The zero-order chi connectivity index (χ0) is 24.7. The topological polar surface area (TPSA) is 94.5 Å². The largest absolute Gasteiger partial charge is 0.508 e. The van der Waals surface area contributed by atoms with Gasteiger partial charge in [0.2, 0.25) is 6.79 Å². The highest BCUT2D eigenvalue weighted by molar-refractivity contribution is 5.88. The molecular weight excluding hydrogens is 448 g/mol. The Morgan fingerprint density at radius 3 is 2.46 bits per heavy atom. The van der Waals surface area contributed by atoms with Gasteiger partial charge in [0.25, 0.3) is 0 Å². The van der Waals surface area contributed by atoms with Crippen LogP contribution in [0.25, 0.3) is 0 Å². The molecule has 7 heteroatoms. The lowest BCUT2D eigenvalue weighted by Gasteiger charge is -2.36. The van der Waals surface area contributed by atoms with Gasteiger partial charge >= 0.3 is 5.97 Å². The number of hydrogen-bond donors (Lipinski definition) is 2. The quantitative estimate of drug-likeness (QED) is 0.485. The maximum atomic E-state index is 13.4. The average molecular weight is 477 g/mol. The van der Waals surface area contributed by atoms with Gasteiger partial charge in [-0.25, -0.2) is 0 Å². The third-order valence-corrected chi connectivity index (χ3v) is 7.20. The Kier molecular flexibility index (Phi) is 5.71. The van der Waals surface area contributed by atoms with Crippen molar-refractivity contribution < 1.29 is 34.0 Å². The van der Waals surface area contributed by atoms with Crippen molar-refractivity contribution in [1.29, 1.82) is 0 Å². The van der Waals surface area contributed by atoms with E-state index < -0.39 is 23.2 Å². The first kappa shape index (κ1) is 22.9. The van der Waals surface area contributed by atoms with Gasteiger partial charge in [0, 0.05) is 23.5 Å². The van der Waals surface area contributed by atoms with Gasteiger partial charge < -0.3 is 29.2 Å². The first-order chi connectivity index (χ1) is 16.9. The molecule has 2 aliphatic rings. The molecule has 182 valence electrons. The molecule has 0 spiro atoms. The Balaban J connectivity index is 1.78. The smallest absolute Gasteiger partial charge is 0.315 e. The van der Waals surface area contributed by atoms with E-state index >= 15 is 0 Å². The number of aliphatic carboxylic acids is 1. The lowest BCUT2D eigenvalue weighted by molar-refractivity contribution is -0.145. The van der Waals surface area contributed by atoms with Crippen LogP contribution >= 0.6 is 0 Å². The molecule has 3 aromatic rings. The van der Waals surface area contributed by atoms with Gasteiger partial charge in [0.05, 0.1) is 13.7 Å². The molecule has 0 amide bonds. The number of carboxylic acid groups (broad SMARTS) is 1. The van der Waals surface area contributed by atoms with Crippen LogP contribution in [0.2, 0.25) is 0 Å². The average Bonchev–Trinajstić information content (AvgIpc) is 3.43. The third kappa shape index (κ3) is 3.45. The fourth-order valence-corrected chi connectivity index (χ4v) is 5.56. The number of aromatic hydroxyl groups is 1. The number of carboxylic acids is 1. The summed E-state index contributed by atoms with van der Waals surface area (Å²) in [5.41, 5.74) is 1.37. The molecule has 3 aromatic carbocycles. The second-order valence-electron chi connectivity index (χ2n) is 8.96. The number of hydrogen-bond acceptors (Lipinski definition) is 6. The highest BCUT2D eigenvalue weighted by Crippen LogP contribution is 2.61. The van der Waals surface area contributed by atoms with E-state index in [9.17, 15) is 15.0 Å². The van der Waals surface area contributed by atoms with Crippen molar-refractivity contribution in [2.24, 2.45) is 0 Å². The Morgan fingerprint density at radius 2 is 1.74 bits per heavy atom. The van der Waals surface area contributed by atoms with E-state index in [-0.39, 0.29) is 12.5 Å². The second kappa shape index (κ2) is 8.73. The molecule has 0 fully saturated rings. The van der Waals surface area contributed by atoms with Crippen molar-refractivity contribution in [1.82, 2.24) is 0 Å². The third-order valence-electron chi connectivity index (χ3n) is 7.20. The normalized spacial score (nSPS) is 22.0. The summed E-state index contributed by atoms with van der Waals surface area (Å²) in [6.45, 7) is 4.60. The lowest BCUT2D eigenvalue weighted by atomic mass is 9.64. The molecule has 7 nitrogen and oxygen atoms in total. The summed E-state index contributed by atoms with van der Waals surface area (Å²) in [6.07, 6.45) is 0.854. The van der Waals surface area contributed by atoms with Crippen molar-refractivity contribution in [3.8, 4) is 28.7 Å². The van der Waals surface area contributed by atoms with E-state index in [1.165, 1.54) is 13.2 Å². The summed E-state index contributed by atoms with van der Waals surface area (Å²) in [7, 11) is 1.52. The van der Waals surface area contributed by atoms with Crippen LogP contribution in [0, 0.1) is 0 Å².